The number of anilines is 1. The first-order valence-corrected chi connectivity index (χ1v) is 6.30. The number of benzene rings is 1. The van der Waals surface area contributed by atoms with Gasteiger partial charge in [0.1, 0.15) is 5.69 Å². The van der Waals surface area contributed by atoms with Crippen LogP contribution in [0, 0.1) is 0 Å². The molecule has 0 bridgehead atoms. The van der Waals surface area contributed by atoms with E-state index in [4.69, 9.17) is 5.73 Å². The number of rotatable bonds is 3. The monoisotopic (exact) mass is 307 g/mol. The number of nitrogens with one attached hydrogen (secondary N) is 1. The van der Waals surface area contributed by atoms with Crippen LogP contribution in [0.5, 0.6) is 0 Å². The van der Waals surface area contributed by atoms with Crippen LogP contribution >= 0.6 is 15.9 Å². The number of hydrogen-bond donors (Lipinski definition) is 2. The van der Waals surface area contributed by atoms with Gasteiger partial charge in [-0.2, -0.15) is 0 Å². The van der Waals surface area contributed by atoms with Gasteiger partial charge in [-0.15, -0.1) is 0 Å². The van der Waals surface area contributed by atoms with Crippen molar-refractivity contribution in [3.8, 4) is 0 Å². The molecule has 1 aromatic carbocycles. The number of carbonyl (C=O) groups excluding carboxylic acids is 1. The molecule has 0 aliphatic heterocycles. The van der Waals surface area contributed by atoms with E-state index < -0.39 is 0 Å². The molecule has 94 valence electrons. The molecule has 0 fully saturated rings. The van der Waals surface area contributed by atoms with Crippen molar-refractivity contribution >= 4 is 27.5 Å². The van der Waals surface area contributed by atoms with Crippen LogP contribution in [0.3, 0.4) is 0 Å². The minimum Gasteiger partial charge on any atom is -0.397 e. The lowest BCUT2D eigenvalue weighted by atomic mass is 10.2. The molecule has 5 heteroatoms. The molecule has 0 radical (unpaired) electrons. The van der Waals surface area contributed by atoms with Gasteiger partial charge in [0.25, 0.3) is 5.91 Å². The van der Waals surface area contributed by atoms with E-state index in [2.05, 4.69) is 21.2 Å². The zero-order valence-electron chi connectivity index (χ0n) is 9.98. The van der Waals surface area contributed by atoms with E-state index in [1.54, 1.807) is 23.9 Å². The minimum atomic E-state index is -0.130. The highest BCUT2D eigenvalue weighted by Gasteiger charge is 2.10. The number of nitrogens with zero attached hydrogens (tertiary/aromatic N) is 1. The van der Waals surface area contributed by atoms with Crippen LogP contribution in [0.2, 0.25) is 0 Å². The van der Waals surface area contributed by atoms with E-state index in [-0.39, 0.29) is 5.91 Å². The fourth-order valence-electron chi connectivity index (χ4n) is 1.74. The molecule has 0 aliphatic rings. The van der Waals surface area contributed by atoms with Crippen molar-refractivity contribution in [3.63, 3.8) is 0 Å². The summed E-state index contributed by atoms with van der Waals surface area (Å²) in [6.07, 6.45) is 1.72. The first-order chi connectivity index (χ1) is 8.56. The molecular formula is C13H14BrN3O. The van der Waals surface area contributed by atoms with Crippen LogP contribution in [0.1, 0.15) is 16.1 Å². The number of carbonyl (C=O) groups is 1. The SMILES string of the molecule is Cn1cc(N)cc1C(=O)NCc1cccc(Br)c1. The van der Waals surface area contributed by atoms with Gasteiger partial charge in [0, 0.05) is 24.3 Å². The predicted molar refractivity (Wildman–Crippen MR) is 75.1 cm³/mol. The molecule has 0 aliphatic carbocycles. The Kier molecular flexibility index (Phi) is 3.72. The lowest BCUT2D eigenvalue weighted by molar-refractivity contribution is 0.0943. The van der Waals surface area contributed by atoms with Crippen molar-refractivity contribution in [2.24, 2.45) is 7.05 Å². The number of aryl methyl sites for hydroxylation is 1. The highest BCUT2D eigenvalue weighted by atomic mass is 79.9. The van der Waals surface area contributed by atoms with E-state index in [9.17, 15) is 4.79 Å². The zero-order chi connectivity index (χ0) is 13.1. The van der Waals surface area contributed by atoms with Crippen LogP contribution in [0.15, 0.2) is 41.0 Å². The molecule has 4 nitrogen and oxygen atoms in total. The number of aromatic nitrogens is 1. The van der Waals surface area contributed by atoms with Crippen molar-refractivity contribution in [1.29, 1.82) is 0 Å². The highest BCUT2D eigenvalue weighted by Crippen LogP contribution is 2.12. The number of nitrogens with two attached hydrogens (primary N) is 1. The summed E-state index contributed by atoms with van der Waals surface area (Å²) >= 11 is 3.40. The lowest BCUT2D eigenvalue weighted by Gasteiger charge is -2.06. The molecule has 0 saturated heterocycles. The Morgan fingerprint density at radius 2 is 2.22 bits per heavy atom. The molecular weight excluding hydrogens is 294 g/mol. The number of amides is 1. The Labute approximate surface area is 114 Å². The number of nitrogen functional groups attached to an aromatic ring is 1. The van der Waals surface area contributed by atoms with Crippen molar-refractivity contribution in [3.05, 3.63) is 52.3 Å². The van der Waals surface area contributed by atoms with Crippen LogP contribution in [0.4, 0.5) is 5.69 Å². The molecule has 0 atom stereocenters. The highest BCUT2D eigenvalue weighted by molar-refractivity contribution is 9.10. The molecule has 18 heavy (non-hydrogen) atoms. The average molecular weight is 308 g/mol. The van der Waals surface area contributed by atoms with Gasteiger partial charge in [-0.1, -0.05) is 28.1 Å². The summed E-state index contributed by atoms with van der Waals surface area (Å²) in [7, 11) is 1.80. The number of hydrogen-bond acceptors (Lipinski definition) is 2. The first kappa shape index (κ1) is 12.7. The third-order valence-electron chi connectivity index (χ3n) is 2.60. The second-order valence-electron chi connectivity index (χ2n) is 4.08. The van der Waals surface area contributed by atoms with Gasteiger partial charge in [-0.05, 0) is 23.8 Å². The lowest BCUT2D eigenvalue weighted by Crippen LogP contribution is -2.24. The standard InChI is InChI=1S/C13H14BrN3O/c1-17-8-11(15)6-12(17)13(18)16-7-9-3-2-4-10(14)5-9/h2-6,8H,7,15H2,1H3,(H,16,18). The Morgan fingerprint density at radius 3 is 2.83 bits per heavy atom. The maximum Gasteiger partial charge on any atom is 0.268 e. The topological polar surface area (TPSA) is 60.0 Å². The van der Waals surface area contributed by atoms with Crippen molar-refractivity contribution in [1.82, 2.24) is 9.88 Å². The second-order valence-corrected chi connectivity index (χ2v) is 5.00. The average Bonchev–Trinajstić information content (AvgIpc) is 2.66. The smallest absolute Gasteiger partial charge is 0.268 e. The molecule has 3 N–H and O–H groups in total. The van der Waals surface area contributed by atoms with E-state index in [0.717, 1.165) is 10.0 Å². The van der Waals surface area contributed by atoms with Gasteiger partial charge >= 0.3 is 0 Å². The molecule has 2 aromatic rings. The van der Waals surface area contributed by atoms with Gasteiger partial charge in [-0.3, -0.25) is 4.79 Å². The van der Waals surface area contributed by atoms with E-state index in [1.165, 1.54) is 0 Å². The molecule has 2 rings (SSSR count). The van der Waals surface area contributed by atoms with E-state index in [1.807, 2.05) is 24.3 Å². The second kappa shape index (κ2) is 5.27. The summed E-state index contributed by atoms with van der Waals surface area (Å²) in [5.41, 5.74) is 7.82. The van der Waals surface area contributed by atoms with Crippen LogP contribution in [-0.4, -0.2) is 10.5 Å². The summed E-state index contributed by atoms with van der Waals surface area (Å²) in [6.45, 7) is 0.489. The number of halogens is 1. The summed E-state index contributed by atoms with van der Waals surface area (Å²) in [6, 6.07) is 9.48. The van der Waals surface area contributed by atoms with Crippen LogP contribution in [-0.2, 0) is 13.6 Å². The molecule has 1 heterocycles. The largest absolute Gasteiger partial charge is 0.397 e. The zero-order valence-corrected chi connectivity index (χ0v) is 11.6. The third-order valence-corrected chi connectivity index (χ3v) is 3.09. The van der Waals surface area contributed by atoms with Crippen molar-refractivity contribution in [2.75, 3.05) is 5.73 Å². The van der Waals surface area contributed by atoms with Gasteiger partial charge in [0.15, 0.2) is 0 Å². The van der Waals surface area contributed by atoms with E-state index >= 15 is 0 Å². The molecule has 0 saturated carbocycles. The quantitative estimate of drug-likeness (QED) is 0.914. The van der Waals surface area contributed by atoms with Gasteiger partial charge in [0.05, 0.1) is 5.69 Å². The Hall–Kier alpha value is -1.75. The van der Waals surface area contributed by atoms with Gasteiger partial charge in [-0.25, -0.2) is 0 Å². The first-order valence-electron chi connectivity index (χ1n) is 5.51. The maximum atomic E-state index is 11.9. The molecule has 0 spiro atoms. The molecule has 1 amide bonds. The fourth-order valence-corrected chi connectivity index (χ4v) is 2.18. The summed E-state index contributed by atoms with van der Waals surface area (Å²) in [5, 5.41) is 2.86. The predicted octanol–water partition coefficient (Wildman–Crippen LogP) is 2.30. The molecule has 1 aromatic heterocycles. The van der Waals surface area contributed by atoms with Crippen molar-refractivity contribution < 1.29 is 4.79 Å². The van der Waals surface area contributed by atoms with Crippen molar-refractivity contribution in [2.45, 2.75) is 6.54 Å². The van der Waals surface area contributed by atoms with Crippen LogP contribution < -0.4 is 11.1 Å². The van der Waals surface area contributed by atoms with Crippen LogP contribution in [0.25, 0.3) is 0 Å². The Morgan fingerprint density at radius 1 is 1.44 bits per heavy atom. The summed E-state index contributed by atoms with van der Waals surface area (Å²) < 4.78 is 2.71. The minimum absolute atomic E-state index is 0.130. The normalized spacial score (nSPS) is 10.3. The van der Waals surface area contributed by atoms with Gasteiger partial charge < -0.3 is 15.6 Å². The van der Waals surface area contributed by atoms with Gasteiger partial charge in [0.2, 0.25) is 0 Å². The fraction of sp³-hybridized carbons (Fsp3) is 0.154. The Bertz CT molecular complexity index is 577. The maximum absolute atomic E-state index is 11.9. The van der Waals surface area contributed by atoms with E-state index in [0.29, 0.717) is 17.9 Å². The third kappa shape index (κ3) is 2.92. The molecule has 0 unspecified atom stereocenters. The Balaban J connectivity index is 2.03. The summed E-state index contributed by atoms with van der Waals surface area (Å²) in [5.74, 6) is -0.130. The summed E-state index contributed by atoms with van der Waals surface area (Å²) in [4.78, 5) is 11.9.